The van der Waals surface area contributed by atoms with Crippen molar-refractivity contribution >= 4 is 17.2 Å². The molecule has 0 unspecified atom stereocenters. The molecule has 0 aliphatic heterocycles. The molecule has 0 amide bonds. The molecule has 0 atom stereocenters. The molecule has 0 aliphatic rings. The van der Waals surface area contributed by atoms with Crippen LogP contribution in [0.2, 0.25) is 0 Å². The Morgan fingerprint density at radius 2 is 1.80 bits per heavy atom. The molecule has 2 aromatic carbocycles. The number of benzene rings is 2. The van der Waals surface area contributed by atoms with E-state index in [2.05, 4.69) is 23.3 Å². The molecule has 20 heavy (non-hydrogen) atoms. The van der Waals surface area contributed by atoms with Crippen molar-refractivity contribution in [2.24, 2.45) is 0 Å². The second-order valence-corrected chi connectivity index (χ2v) is 4.55. The van der Waals surface area contributed by atoms with E-state index in [9.17, 15) is 0 Å². The van der Waals surface area contributed by atoms with Gasteiger partial charge in [0.05, 0.1) is 6.20 Å². The first-order chi connectivity index (χ1) is 9.88. The molecule has 0 bridgehead atoms. The van der Waals surface area contributed by atoms with E-state index in [0.717, 1.165) is 17.8 Å². The number of rotatable bonds is 5. The molecule has 1 heterocycles. The number of aromatic nitrogens is 2. The summed E-state index contributed by atoms with van der Waals surface area (Å²) in [6.07, 6.45) is 3.86. The highest BCUT2D eigenvalue weighted by Gasteiger charge is 2.12. The normalized spacial score (nSPS) is 10.6. The maximum atomic E-state index is 5.75. The molecule has 0 aliphatic carbocycles. The van der Waals surface area contributed by atoms with E-state index < -0.39 is 0 Å². The topological polar surface area (TPSA) is 18.0 Å². The Kier molecular flexibility index (Phi) is 3.50. The molecule has 3 rings (SSSR count). The van der Waals surface area contributed by atoms with E-state index >= 15 is 0 Å². The highest BCUT2D eigenvalue weighted by atomic mass is 16.5. The third-order valence-electron chi connectivity index (χ3n) is 3.27. The summed E-state index contributed by atoms with van der Waals surface area (Å²) in [7, 11) is 0. The molecule has 0 radical (unpaired) electrons. The number of fused-ring (bicyclic) bond motifs is 1. The molecule has 3 nitrogen and oxygen atoms in total. The standard InChI is InChI=1S/C17H17N2O/c1-2-18-14-19(17-11-7-6-10-16(17)18)12-13-20-15-8-4-3-5-9-15/h2-11,14H,1,12-13H2/q+1. The van der Waals surface area contributed by atoms with Crippen LogP contribution in [-0.2, 0) is 6.54 Å². The zero-order chi connectivity index (χ0) is 13.8. The summed E-state index contributed by atoms with van der Waals surface area (Å²) in [5.74, 6) is 0.903. The lowest BCUT2D eigenvalue weighted by Gasteiger charge is -2.03. The number of imidazole rings is 1. The average molecular weight is 265 g/mol. The van der Waals surface area contributed by atoms with Crippen molar-refractivity contribution in [1.82, 2.24) is 4.57 Å². The highest BCUT2D eigenvalue weighted by molar-refractivity contribution is 5.73. The summed E-state index contributed by atoms with van der Waals surface area (Å²) < 4.78 is 9.95. The first-order valence-corrected chi connectivity index (χ1v) is 6.68. The van der Waals surface area contributed by atoms with Crippen LogP contribution < -0.4 is 9.30 Å². The minimum absolute atomic E-state index is 0.639. The highest BCUT2D eigenvalue weighted by Crippen LogP contribution is 2.11. The van der Waals surface area contributed by atoms with Crippen LogP contribution in [0.25, 0.3) is 17.2 Å². The summed E-state index contributed by atoms with van der Waals surface area (Å²) in [4.78, 5) is 0. The Hall–Kier alpha value is -2.55. The van der Waals surface area contributed by atoms with E-state index in [1.54, 1.807) is 0 Å². The summed E-state index contributed by atoms with van der Waals surface area (Å²) >= 11 is 0. The minimum Gasteiger partial charge on any atom is -0.489 e. The summed E-state index contributed by atoms with van der Waals surface area (Å²) in [5.41, 5.74) is 2.34. The van der Waals surface area contributed by atoms with Gasteiger partial charge < -0.3 is 4.74 Å². The lowest BCUT2D eigenvalue weighted by Crippen LogP contribution is -2.35. The van der Waals surface area contributed by atoms with Gasteiger partial charge >= 0.3 is 0 Å². The second-order valence-electron chi connectivity index (χ2n) is 4.55. The number of hydrogen-bond acceptors (Lipinski definition) is 1. The van der Waals surface area contributed by atoms with Crippen molar-refractivity contribution in [2.45, 2.75) is 6.54 Å². The first kappa shape index (κ1) is 12.5. The van der Waals surface area contributed by atoms with Gasteiger partial charge in [-0.1, -0.05) is 36.9 Å². The minimum atomic E-state index is 0.639. The molecule has 0 saturated heterocycles. The zero-order valence-corrected chi connectivity index (χ0v) is 11.3. The first-order valence-electron chi connectivity index (χ1n) is 6.68. The van der Waals surface area contributed by atoms with E-state index in [0.29, 0.717) is 6.61 Å². The Balaban J connectivity index is 1.76. The van der Waals surface area contributed by atoms with E-state index in [1.165, 1.54) is 5.52 Å². The molecule has 0 spiro atoms. The predicted octanol–water partition coefficient (Wildman–Crippen LogP) is 3.11. The van der Waals surface area contributed by atoms with Crippen molar-refractivity contribution in [1.29, 1.82) is 0 Å². The van der Waals surface area contributed by atoms with Crippen LogP contribution in [0.4, 0.5) is 0 Å². The van der Waals surface area contributed by atoms with Gasteiger partial charge in [0.25, 0.3) is 0 Å². The molecule has 1 aromatic heterocycles. The Morgan fingerprint density at radius 3 is 2.60 bits per heavy atom. The average Bonchev–Trinajstić information content (AvgIpc) is 2.87. The Bertz CT molecular complexity index is 716. The lowest BCUT2D eigenvalue weighted by atomic mass is 10.3. The van der Waals surface area contributed by atoms with Crippen LogP contribution in [0.3, 0.4) is 0 Å². The second kappa shape index (κ2) is 5.61. The molecule has 0 fully saturated rings. The third kappa shape index (κ3) is 2.43. The molecule has 3 aromatic rings. The Morgan fingerprint density at radius 1 is 1.05 bits per heavy atom. The van der Waals surface area contributed by atoms with Crippen molar-refractivity contribution < 1.29 is 9.30 Å². The van der Waals surface area contributed by atoms with E-state index in [4.69, 9.17) is 4.74 Å². The molecular weight excluding hydrogens is 248 g/mol. The number of ether oxygens (including phenoxy) is 1. The van der Waals surface area contributed by atoms with E-state index in [-0.39, 0.29) is 0 Å². The number of para-hydroxylation sites is 3. The zero-order valence-electron chi connectivity index (χ0n) is 11.3. The molecule has 0 N–H and O–H groups in total. The Labute approximate surface area is 118 Å². The smallest absolute Gasteiger partial charge is 0.249 e. The molecule has 0 saturated carbocycles. The van der Waals surface area contributed by atoms with Gasteiger partial charge in [-0.3, -0.25) is 0 Å². The van der Waals surface area contributed by atoms with Gasteiger partial charge in [0.1, 0.15) is 18.9 Å². The van der Waals surface area contributed by atoms with Gasteiger partial charge in [0, 0.05) is 0 Å². The van der Waals surface area contributed by atoms with Crippen molar-refractivity contribution in [3.8, 4) is 5.75 Å². The molecule has 3 heteroatoms. The lowest BCUT2D eigenvalue weighted by molar-refractivity contribution is -0.672. The van der Waals surface area contributed by atoms with Gasteiger partial charge in [-0.25, -0.2) is 9.13 Å². The van der Waals surface area contributed by atoms with Crippen molar-refractivity contribution in [3.05, 3.63) is 67.5 Å². The van der Waals surface area contributed by atoms with Gasteiger partial charge in [0.15, 0.2) is 11.0 Å². The van der Waals surface area contributed by atoms with Crippen molar-refractivity contribution in [2.75, 3.05) is 6.61 Å². The summed E-state index contributed by atoms with van der Waals surface area (Å²) in [6.45, 7) is 5.28. The van der Waals surface area contributed by atoms with Gasteiger partial charge in [-0.2, -0.15) is 0 Å². The maximum absolute atomic E-state index is 5.75. The van der Waals surface area contributed by atoms with Crippen LogP contribution in [-0.4, -0.2) is 11.2 Å². The maximum Gasteiger partial charge on any atom is 0.249 e. The number of nitrogens with zero attached hydrogens (tertiary/aromatic N) is 2. The fourth-order valence-corrected chi connectivity index (χ4v) is 2.30. The van der Waals surface area contributed by atoms with E-state index in [1.807, 2.05) is 59.6 Å². The van der Waals surface area contributed by atoms with Crippen LogP contribution in [0, 0.1) is 0 Å². The monoisotopic (exact) mass is 265 g/mol. The summed E-state index contributed by atoms with van der Waals surface area (Å²) in [6, 6.07) is 18.2. The fourth-order valence-electron chi connectivity index (χ4n) is 2.30. The van der Waals surface area contributed by atoms with Crippen LogP contribution >= 0.6 is 0 Å². The fraction of sp³-hybridized carbons (Fsp3) is 0.118. The van der Waals surface area contributed by atoms with Crippen molar-refractivity contribution in [3.63, 3.8) is 0 Å². The molecule has 100 valence electrons. The SMILES string of the molecule is C=Cn1c[n+](CCOc2ccccc2)c2ccccc21. The number of hydrogen-bond donors (Lipinski definition) is 0. The largest absolute Gasteiger partial charge is 0.489 e. The predicted molar refractivity (Wildman–Crippen MR) is 80.5 cm³/mol. The van der Waals surface area contributed by atoms with Gasteiger partial charge in [-0.05, 0) is 24.3 Å². The molecular formula is C17H17N2O+. The van der Waals surface area contributed by atoms with Gasteiger partial charge in [-0.15, -0.1) is 0 Å². The van der Waals surface area contributed by atoms with Gasteiger partial charge in [0.2, 0.25) is 6.33 Å². The quantitative estimate of drug-likeness (QED) is 0.648. The van der Waals surface area contributed by atoms with Crippen LogP contribution in [0.15, 0.2) is 67.5 Å². The third-order valence-corrected chi connectivity index (χ3v) is 3.27. The summed E-state index contributed by atoms with van der Waals surface area (Å²) in [5, 5.41) is 0. The van der Waals surface area contributed by atoms with Crippen LogP contribution in [0.5, 0.6) is 5.75 Å². The van der Waals surface area contributed by atoms with Crippen LogP contribution in [0.1, 0.15) is 0 Å².